The Kier molecular flexibility index (Phi) is 3.91. The highest BCUT2D eigenvalue weighted by atomic mass is 16.1. The summed E-state index contributed by atoms with van der Waals surface area (Å²) in [5.74, 6) is 0.00355. The van der Waals surface area contributed by atoms with Gasteiger partial charge in [0.15, 0.2) is 0 Å². The Morgan fingerprint density at radius 1 is 1.19 bits per heavy atom. The van der Waals surface area contributed by atoms with E-state index in [1.54, 1.807) is 0 Å². The maximum atomic E-state index is 12.3. The molecule has 1 aliphatic heterocycles. The van der Waals surface area contributed by atoms with Gasteiger partial charge in [-0.25, -0.2) is 0 Å². The number of rotatable bonds is 3. The summed E-state index contributed by atoms with van der Waals surface area (Å²) in [6.45, 7) is 2.88. The predicted molar refractivity (Wildman–Crippen MR) is 85.7 cm³/mol. The molecule has 1 heterocycles. The molecular formula is C18H20N2O. The molecule has 2 N–H and O–H groups in total. The summed E-state index contributed by atoms with van der Waals surface area (Å²) in [6.07, 6.45) is 1.87. The van der Waals surface area contributed by atoms with Gasteiger partial charge in [-0.2, -0.15) is 0 Å². The van der Waals surface area contributed by atoms with Gasteiger partial charge in [-0.1, -0.05) is 37.3 Å². The van der Waals surface area contributed by atoms with E-state index in [1.807, 2.05) is 36.4 Å². The number of carbonyl (C=O) groups is 1. The van der Waals surface area contributed by atoms with Crippen molar-refractivity contribution in [2.24, 2.45) is 0 Å². The van der Waals surface area contributed by atoms with Crippen molar-refractivity contribution in [3.8, 4) is 0 Å². The van der Waals surface area contributed by atoms with Crippen LogP contribution in [0.25, 0.3) is 0 Å². The van der Waals surface area contributed by atoms with Crippen molar-refractivity contribution in [2.45, 2.75) is 25.8 Å². The Hall–Kier alpha value is -2.29. The Balaban J connectivity index is 1.65. The van der Waals surface area contributed by atoms with Crippen LogP contribution >= 0.6 is 0 Å². The lowest BCUT2D eigenvalue weighted by atomic mass is 9.99. The van der Waals surface area contributed by atoms with E-state index in [9.17, 15) is 4.79 Å². The molecule has 0 bridgehead atoms. The van der Waals surface area contributed by atoms with E-state index in [2.05, 4.69) is 29.7 Å². The summed E-state index contributed by atoms with van der Waals surface area (Å²) in [5.41, 5.74) is 4.41. The van der Waals surface area contributed by atoms with E-state index in [4.69, 9.17) is 0 Å². The molecule has 0 fully saturated rings. The fourth-order valence-corrected chi connectivity index (χ4v) is 2.70. The number of carbonyl (C=O) groups excluding carboxylic acids is 1. The minimum absolute atomic E-state index is 0.00355. The molecule has 0 aromatic heterocycles. The third-order valence-electron chi connectivity index (χ3n) is 3.98. The Morgan fingerprint density at radius 3 is 2.71 bits per heavy atom. The normalized spacial score (nSPS) is 16.7. The first kappa shape index (κ1) is 13.7. The molecule has 3 heteroatoms. The summed E-state index contributed by atoms with van der Waals surface area (Å²) in [4.78, 5) is 12.3. The Morgan fingerprint density at radius 2 is 1.95 bits per heavy atom. The molecule has 1 unspecified atom stereocenters. The van der Waals surface area contributed by atoms with Crippen LogP contribution in [0.5, 0.6) is 0 Å². The lowest BCUT2D eigenvalue weighted by Crippen LogP contribution is -2.43. The number of aryl methyl sites for hydroxylation is 1. The van der Waals surface area contributed by atoms with Gasteiger partial charge < -0.3 is 10.6 Å². The fraction of sp³-hybridized carbons (Fsp3) is 0.278. The Bertz CT molecular complexity index is 634. The molecular weight excluding hydrogens is 260 g/mol. The summed E-state index contributed by atoms with van der Waals surface area (Å²) in [7, 11) is 0. The van der Waals surface area contributed by atoms with Gasteiger partial charge in [0.1, 0.15) is 0 Å². The summed E-state index contributed by atoms with van der Waals surface area (Å²) in [5, 5.41) is 6.49. The molecule has 1 atom stereocenters. The maximum absolute atomic E-state index is 12.3. The first-order valence-corrected chi connectivity index (χ1v) is 7.48. The minimum Gasteiger partial charge on any atom is -0.383 e. The van der Waals surface area contributed by atoms with Crippen molar-refractivity contribution in [1.29, 1.82) is 0 Å². The zero-order valence-corrected chi connectivity index (χ0v) is 12.2. The average molecular weight is 280 g/mol. The van der Waals surface area contributed by atoms with Gasteiger partial charge in [-0.15, -0.1) is 0 Å². The van der Waals surface area contributed by atoms with Gasteiger partial charge >= 0.3 is 0 Å². The lowest BCUT2D eigenvalue weighted by molar-refractivity contribution is 0.0938. The smallest absolute Gasteiger partial charge is 0.251 e. The first-order valence-electron chi connectivity index (χ1n) is 7.48. The summed E-state index contributed by atoms with van der Waals surface area (Å²) >= 11 is 0. The number of anilines is 1. The molecule has 0 spiro atoms. The minimum atomic E-state index is 0.00355. The van der Waals surface area contributed by atoms with Gasteiger partial charge in [0.2, 0.25) is 0 Å². The van der Waals surface area contributed by atoms with Crippen LogP contribution in [0.15, 0.2) is 48.5 Å². The predicted octanol–water partition coefficient (Wildman–Crippen LogP) is 3.02. The highest BCUT2D eigenvalue weighted by Crippen LogP contribution is 2.21. The third-order valence-corrected chi connectivity index (χ3v) is 3.98. The standard InChI is InChI=1S/C18H20N2O/c1-2-13-7-9-14(10-8-13)18(21)20-16-11-15-5-3-4-6-17(15)19-12-16/h3-10,16,19H,2,11-12H2,1H3,(H,20,21). The van der Waals surface area contributed by atoms with E-state index < -0.39 is 0 Å². The number of nitrogens with one attached hydrogen (secondary N) is 2. The number of benzene rings is 2. The van der Waals surface area contributed by atoms with Crippen LogP contribution < -0.4 is 10.6 Å². The number of hydrogen-bond acceptors (Lipinski definition) is 2. The van der Waals surface area contributed by atoms with Gasteiger partial charge in [-0.3, -0.25) is 4.79 Å². The van der Waals surface area contributed by atoms with Gasteiger partial charge in [0, 0.05) is 17.8 Å². The van der Waals surface area contributed by atoms with Crippen molar-refractivity contribution in [3.05, 3.63) is 65.2 Å². The van der Waals surface area contributed by atoms with Crippen LogP contribution in [0, 0.1) is 0 Å². The van der Waals surface area contributed by atoms with Crippen LogP contribution in [-0.4, -0.2) is 18.5 Å². The number of para-hydroxylation sites is 1. The van der Waals surface area contributed by atoms with Gasteiger partial charge in [-0.05, 0) is 42.2 Å². The van der Waals surface area contributed by atoms with Crippen molar-refractivity contribution < 1.29 is 4.79 Å². The molecule has 0 aliphatic carbocycles. The van der Waals surface area contributed by atoms with E-state index in [1.165, 1.54) is 16.8 Å². The first-order chi connectivity index (χ1) is 10.3. The van der Waals surface area contributed by atoms with Crippen LogP contribution in [-0.2, 0) is 12.8 Å². The van der Waals surface area contributed by atoms with Crippen molar-refractivity contribution in [1.82, 2.24) is 5.32 Å². The maximum Gasteiger partial charge on any atom is 0.251 e. The van der Waals surface area contributed by atoms with E-state index in [0.717, 1.165) is 24.9 Å². The quantitative estimate of drug-likeness (QED) is 0.907. The van der Waals surface area contributed by atoms with Crippen LogP contribution in [0.1, 0.15) is 28.4 Å². The number of amides is 1. The molecule has 2 aromatic rings. The van der Waals surface area contributed by atoms with Crippen LogP contribution in [0.2, 0.25) is 0 Å². The second-order valence-electron chi connectivity index (χ2n) is 5.46. The highest BCUT2D eigenvalue weighted by Gasteiger charge is 2.19. The molecule has 21 heavy (non-hydrogen) atoms. The van der Waals surface area contributed by atoms with E-state index in [-0.39, 0.29) is 11.9 Å². The molecule has 3 nitrogen and oxygen atoms in total. The fourth-order valence-electron chi connectivity index (χ4n) is 2.70. The van der Waals surface area contributed by atoms with Crippen molar-refractivity contribution in [3.63, 3.8) is 0 Å². The molecule has 0 radical (unpaired) electrons. The lowest BCUT2D eigenvalue weighted by Gasteiger charge is -2.27. The molecule has 0 saturated carbocycles. The molecule has 0 saturated heterocycles. The molecule has 1 aliphatic rings. The van der Waals surface area contributed by atoms with Crippen molar-refractivity contribution in [2.75, 3.05) is 11.9 Å². The zero-order chi connectivity index (χ0) is 14.7. The highest BCUT2D eigenvalue weighted by molar-refractivity contribution is 5.94. The van der Waals surface area contributed by atoms with Crippen LogP contribution in [0.4, 0.5) is 5.69 Å². The number of fused-ring (bicyclic) bond motifs is 1. The monoisotopic (exact) mass is 280 g/mol. The van der Waals surface area contributed by atoms with Crippen molar-refractivity contribution >= 4 is 11.6 Å². The number of hydrogen-bond donors (Lipinski definition) is 2. The molecule has 1 amide bonds. The second-order valence-corrected chi connectivity index (χ2v) is 5.46. The molecule has 3 rings (SSSR count). The second kappa shape index (κ2) is 6.00. The zero-order valence-electron chi connectivity index (χ0n) is 12.2. The van der Waals surface area contributed by atoms with E-state index in [0.29, 0.717) is 0 Å². The van der Waals surface area contributed by atoms with Crippen LogP contribution in [0.3, 0.4) is 0 Å². The summed E-state index contributed by atoms with van der Waals surface area (Å²) < 4.78 is 0. The SMILES string of the molecule is CCc1ccc(C(=O)NC2CNc3ccccc3C2)cc1. The summed E-state index contributed by atoms with van der Waals surface area (Å²) in [6, 6.07) is 16.2. The van der Waals surface area contributed by atoms with Gasteiger partial charge in [0.05, 0.1) is 6.04 Å². The molecule has 2 aromatic carbocycles. The third kappa shape index (κ3) is 3.07. The van der Waals surface area contributed by atoms with Gasteiger partial charge in [0.25, 0.3) is 5.91 Å². The largest absolute Gasteiger partial charge is 0.383 e. The topological polar surface area (TPSA) is 41.1 Å². The average Bonchev–Trinajstić information content (AvgIpc) is 2.55. The van der Waals surface area contributed by atoms with E-state index >= 15 is 0 Å². The Labute approximate surface area is 125 Å². The molecule has 108 valence electrons.